The molecule has 1 saturated heterocycles. The highest BCUT2D eigenvalue weighted by molar-refractivity contribution is 6.31. The Kier molecular flexibility index (Phi) is 3.33. The van der Waals surface area contributed by atoms with E-state index in [1.807, 2.05) is 49.7 Å². The maximum absolute atomic E-state index is 12.5. The Balaban J connectivity index is 1.98. The standard InChI is InChI=1S/C17H17N3O2/c1-11-9-13(12(2)19(11)3)10-15-16(21)18-20(17(15)22)14-7-5-4-6-8-14/h4-10H,1-3H3,(H,18,21)/b15-10-. The molecule has 1 N–H and O–H groups in total. The van der Waals surface area contributed by atoms with Gasteiger partial charge in [0.25, 0.3) is 11.8 Å². The van der Waals surface area contributed by atoms with Gasteiger partial charge < -0.3 is 4.57 Å². The normalized spacial score (nSPS) is 16.5. The van der Waals surface area contributed by atoms with Gasteiger partial charge in [-0.25, -0.2) is 5.01 Å². The number of carbonyl (C=O) groups is 2. The fourth-order valence-corrected chi connectivity index (χ4v) is 2.50. The Morgan fingerprint density at radius 3 is 2.36 bits per heavy atom. The third-order valence-corrected chi connectivity index (χ3v) is 4.02. The van der Waals surface area contributed by atoms with Crippen LogP contribution in [-0.4, -0.2) is 16.4 Å². The highest BCUT2D eigenvalue weighted by Gasteiger charge is 2.34. The fraction of sp³-hybridized carbons (Fsp3) is 0.176. The van der Waals surface area contributed by atoms with Crippen molar-refractivity contribution in [2.75, 3.05) is 5.01 Å². The molecule has 22 heavy (non-hydrogen) atoms. The van der Waals surface area contributed by atoms with Crippen molar-refractivity contribution in [1.29, 1.82) is 0 Å². The summed E-state index contributed by atoms with van der Waals surface area (Å²) in [6, 6.07) is 11.0. The second kappa shape index (κ2) is 5.18. The van der Waals surface area contributed by atoms with Gasteiger partial charge >= 0.3 is 0 Å². The summed E-state index contributed by atoms with van der Waals surface area (Å²) < 4.78 is 2.03. The molecule has 0 radical (unpaired) electrons. The molecule has 1 aliphatic rings. The molecule has 0 unspecified atom stereocenters. The monoisotopic (exact) mass is 295 g/mol. The van der Waals surface area contributed by atoms with Gasteiger partial charge in [0, 0.05) is 18.4 Å². The molecule has 2 heterocycles. The predicted molar refractivity (Wildman–Crippen MR) is 84.9 cm³/mol. The minimum atomic E-state index is -0.380. The van der Waals surface area contributed by atoms with Crippen LogP contribution in [0.15, 0.2) is 42.0 Å². The number of amides is 2. The molecule has 0 bridgehead atoms. The Morgan fingerprint density at radius 2 is 1.77 bits per heavy atom. The first kappa shape index (κ1) is 14.1. The molecule has 0 spiro atoms. The summed E-state index contributed by atoms with van der Waals surface area (Å²) >= 11 is 0. The second-order valence-electron chi connectivity index (χ2n) is 5.36. The second-order valence-corrected chi connectivity index (χ2v) is 5.36. The van der Waals surface area contributed by atoms with Gasteiger partial charge in [-0.15, -0.1) is 0 Å². The fourth-order valence-electron chi connectivity index (χ4n) is 2.50. The summed E-state index contributed by atoms with van der Waals surface area (Å²) in [6.45, 7) is 3.95. The topological polar surface area (TPSA) is 54.3 Å². The van der Waals surface area contributed by atoms with E-state index in [1.165, 1.54) is 5.01 Å². The molecule has 0 atom stereocenters. The molecule has 1 aromatic carbocycles. The SMILES string of the molecule is Cc1cc(/C=C2/C(=O)NN(c3ccccc3)C2=O)c(C)n1C. The van der Waals surface area contributed by atoms with Crippen molar-refractivity contribution in [3.8, 4) is 0 Å². The highest BCUT2D eigenvalue weighted by atomic mass is 16.2. The lowest BCUT2D eigenvalue weighted by molar-refractivity contribution is -0.117. The molecule has 1 aliphatic heterocycles. The lowest BCUT2D eigenvalue weighted by atomic mass is 10.1. The molecule has 0 saturated carbocycles. The number of nitrogens with zero attached hydrogens (tertiary/aromatic N) is 2. The van der Waals surface area contributed by atoms with E-state index in [-0.39, 0.29) is 17.4 Å². The average Bonchev–Trinajstić information content (AvgIpc) is 2.93. The summed E-state index contributed by atoms with van der Waals surface area (Å²) in [5.74, 6) is -0.716. The summed E-state index contributed by atoms with van der Waals surface area (Å²) in [4.78, 5) is 24.6. The van der Waals surface area contributed by atoms with Crippen LogP contribution >= 0.6 is 0 Å². The lowest BCUT2D eigenvalue weighted by Gasteiger charge is -2.13. The van der Waals surface area contributed by atoms with Gasteiger partial charge in [-0.05, 0) is 43.7 Å². The van der Waals surface area contributed by atoms with Gasteiger partial charge in [-0.2, -0.15) is 0 Å². The van der Waals surface area contributed by atoms with E-state index in [9.17, 15) is 9.59 Å². The van der Waals surface area contributed by atoms with Crippen LogP contribution < -0.4 is 10.4 Å². The van der Waals surface area contributed by atoms with E-state index in [4.69, 9.17) is 0 Å². The molecule has 1 aromatic heterocycles. The summed E-state index contributed by atoms with van der Waals surface area (Å²) in [5.41, 5.74) is 6.37. The maximum Gasteiger partial charge on any atom is 0.282 e. The third-order valence-electron chi connectivity index (χ3n) is 4.02. The molecule has 0 aliphatic carbocycles. The molecule has 112 valence electrons. The minimum Gasteiger partial charge on any atom is -0.352 e. The number of hydrogen-bond donors (Lipinski definition) is 1. The Labute approximate surface area is 128 Å². The molecular weight excluding hydrogens is 278 g/mol. The molecule has 2 aromatic rings. The van der Waals surface area contributed by atoms with Gasteiger partial charge in [0.05, 0.1) is 5.69 Å². The number of nitrogens with one attached hydrogen (secondary N) is 1. The first-order chi connectivity index (χ1) is 10.5. The smallest absolute Gasteiger partial charge is 0.282 e. The number of rotatable bonds is 2. The van der Waals surface area contributed by atoms with Crippen molar-refractivity contribution in [1.82, 2.24) is 9.99 Å². The molecule has 3 rings (SSSR count). The molecule has 5 heteroatoms. The van der Waals surface area contributed by atoms with E-state index < -0.39 is 0 Å². The van der Waals surface area contributed by atoms with Crippen LogP contribution in [-0.2, 0) is 16.6 Å². The number of hydrazine groups is 1. The zero-order chi connectivity index (χ0) is 15.9. The van der Waals surface area contributed by atoms with Gasteiger partial charge in [0.15, 0.2) is 0 Å². The number of carbonyl (C=O) groups excluding carboxylic acids is 2. The number of para-hydroxylation sites is 1. The number of aryl methyl sites for hydroxylation is 1. The van der Waals surface area contributed by atoms with E-state index >= 15 is 0 Å². The van der Waals surface area contributed by atoms with Crippen molar-refractivity contribution in [3.63, 3.8) is 0 Å². The Hall–Kier alpha value is -2.82. The van der Waals surface area contributed by atoms with Crippen LogP contribution in [0.4, 0.5) is 5.69 Å². The predicted octanol–water partition coefficient (Wildman–Crippen LogP) is 2.10. The number of benzene rings is 1. The Bertz CT molecular complexity index is 788. The van der Waals surface area contributed by atoms with Crippen molar-refractivity contribution < 1.29 is 9.59 Å². The number of aromatic nitrogens is 1. The van der Waals surface area contributed by atoms with E-state index in [2.05, 4.69) is 5.43 Å². The first-order valence-corrected chi connectivity index (χ1v) is 7.04. The summed E-state index contributed by atoms with van der Waals surface area (Å²) in [5, 5.41) is 1.28. The van der Waals surface area contributed by atoms with Crippen LogP contribution in [0.25, 0.3) is 6.08 Å². The molecule has 1 fully saturated rings. The van der Waals surface area contributed by atoms with Crippen molar-refractivity contribution in [2.45, 2.75) is 13.8 Å². The lowest BCUT2D eigenvalue weighted by Crippen LogP contribution is -2.35. The van der Waals surface area contributed by atoms with Gasteiger partial charge in [0.1, 0.15) is 5.57 Å². The third kappa shape index (κ3) is 2.20. The highest BCUT2D eigenvalue weighted by Crippen LogP contribution is 2.23. The van der Waals surface area contributed by atoms with E-state index in [1.54, 1.807) is 18.2 Å². The zero-order valence-electron chi connectivity index (χ0n) is 12.8. The molecule has 2 amide bonds. The van der Waals surface area contributed by atoms with Crippen LogP contribution in [0.3, 0.4) is 0 Å². The summed E-state index contributed by atoms with van der Waals surface area (Å²) in [7, 11) is 1.96. The average molecular weight is 295 g/mol. The van der Waals surface area contributed by atoms with E-state index in [0.717, 1.165) is 17.0 Å². The number of anilines is 1. The van der Waals surface area contributed by atoms with Crippen LogP contribution in [0.5, 0.6) is 0 Å². The van der Waals surface area contributed by atoms with E-state index in [0.29, 0.717) is 5.69 Å². The van der Waals surface area contributed by atoms with Crippen molar-refractivity contribution >= 4 is 23.6 Å². The van der Waals surface area contributed by atoms with Gasteiger partial charge in [-0.1, -0.05) is 18.2 Å². The largest absolute Gasteiger partial charge is 0.352 e. The van der Waals surface area contributed by atoms with Crippen LogP contribution in [0.1, 0.15) is 17.0 Å². The van der Waals surface area contributed by atoms with Gasteiger partial charge in [-0.3, -0.25) is 15.0 Å². The number of hydrogen-bond acceptors (Lipinski definition) is 2. The molecular formula is C17H17N3O2. The van der Waals surface area contributed by atoms with Crippen molar-refractivity contribution in [2.24, 2.45) is 7.05 Å². The van der Waals surface area contributed by atoms with Gasteiger partial charge in [0.2, 0.25) is 0 Å². The minimum absolute atomic E-state index is 0.151. The van der Waals surface area contributed by atoms with Crippen LogP contribution in [0, 0.1) is 13.8 Å². The Morgan fingerprint density at radius 1 is 1.09 bits per heavy atom. The molecule has 5 nitrogen and oxygen atoms in total. The summed E-state index contributed by atoms with van der Waals surface area (Å²) in [6.07, 6.45) is 1.66. The zero-order valence-corrected chi connectivity index (χ0v) is 12.8. The quantitative estimate of drug-likeness (QED) is 0.681. The van der Waals surface area contributed by atoms with Crippen molar-refractivity contribution in [3.05, 3.63) is 58.9 Å². The van der Waals surface area contributed by atoms with Crippen LogP contribution in [0.2, 0.25) is 0 Å². The first-order valence-electron chi connectivity index (χ1n) is 7.04. The maximum atomic E-state index is 12.5.